The fourth-order valence-electron chi connectivity index (χ4n) is 1.28. The highest BCUT2D eigenvalue weighted by atomic mass is 32.2. The molecule has 14 heavy (non-hydrogen) atoms. The van der Waals surface area contributed by atoms with Gasteiger partial charge in [-0.3, -0.25) is 0 Å². The summed E-state index contributed by atoms with van der Waals surface area (Å²) >= 11 is 1.95. The number of hydrogen-bond donors (Lipinski definition) is 1. The van der Waals surface area contributed by atoms with Gasteiger partial charge < -0.3 is 5.32 Å². The van der Waals surface area contributed by atoms with Crippen molar-refractivity contribution in [1.29, 1.82) is 0 Å². The highest BCUT2D eigenvalue weighted by Crippen LogP contribution is 2.03. The van der Waals surface area contributed by atoms with Crippen LogP contribution in [0.5, 0.6) is 0 Å². The van der Waals surface area contributed by atoms with Gasteiger partial charge in [-0.05, 0) is 51.3 Å². The van der Waals surface area contributed by atoms with E-state index < -0.39 is 0 Å². The second kappa shape index (κ2) is 11.1. The van der Waals surface area contributed by atoms with Gasteiger partial charge in [0.15, 0.2) is 0 Å². The molecular weight excluding hydrogens is 190 g/mol. The van der Waals surface area contributed by atoms with Crippen LogP contribution < -0.4 is 5.32 Å². The fourth-order valence-corrected chi connectivity index (χ4v) is 1.77. The van der Waals surface area contributed by atoms with Crippen LogP contribution in [0.2, 0.25) is 0 Å². The van der Waals surface area contributed by atoms with Crippen LogP contribution in [0.15, 0.2) is 12.2 Å². The first-order chi connectivity index (χ1) is 6.77. The van der Waals surface area contributed by atoms with Gasteiger partial charge in [-0.15, -0.1) is 6.58 Å². The Balaban J connectivity index is 2.88. The van der Waals surface area contributed by atoms with Crippen molar-refractivity contribution in [2.75, 3.05) is 25.1 Å². The van der Waals surface area contributed by atoms with Gasteiger partial charge in [-0.25, -0.2) is 0 Å². The second-order valence-corrected chi connectivity index (χ2v) is 4.85. The molecule has 0 aromatic carbocycles. The summed E-state index contributed by atoms with van der Waals surface area (Å²) in [6.45, 7) is 8.24. The summed E-state index contributed by atoms with van der Waals surface area (Å²) in [4.78, 5) is 0. The predicted octanol–water partition coefficient (Wildman–Crippen LogP) is 3.47. The van der Waals surface area contributed by atoms with Gasteiger partial charge in [-0.2, -0.15) is 11.8 Å². The Morgan fingerprint density at radius 1 is 1.14 bits per heavy atom. The number of nitrogens with one attached hydrogen (secondary N) is 1. The van der Waals surface area contributed by atoms with Crippen molar-refractivity contribution >= 4 is 11.8 Å². The zero-order valence-corrected chi connectivity index (χ0v) is 10.6. The zero-order valence-electron chi connectivity index (χ0n) is 9.77. The molecule has 0 spiro atoms. The summed E-state index contributed by atoms with van der Waals surface area (Å²) in [7, 11) is 0. The number of thioether (sulfide) groups is 1. The molecule has 0 aliphatic rings. The SMILES string of the molecule is C=C(C)CCNCCCCCCSC. The van der Waals surface area contributed by atoms with Crippen LogP contribution in [0.1, 0.15) is 39.0 Å². The Hall–Kier alpha value is 0.0500. The van der Waals surface area contributed by atoms with Crippen LogP contribution in [0.25, 0.3) is 0 Å². The molecule has 0 radical (unpaired) electrons. The first-order valence-corrected chi connectivity index (χ1v) is 7.00. The van der Waals surface area contributed by atoms with Crippen LogP contribution in [0, 0.1) is 0 Å². The molecule has 0 rings (SSSR count). The van der Waals surface area contributed by atoms with Gasteiger partial charge in [0, 0.05) is 0 Å². The minimum atomic E-state index is 1.10. The Labute approximate surface area is 93.7 Å². The van der Waals surface area contributed by atoms with E-state index in [2.05, 4.69) is 25.1 Å². The standard InChI is InChI=1S/C12H25NS/c1-12(2)8-10-13-9-6-4-5-7-11-14-3/h13H,1,4-11H2,2-3H3. The van der Waals surface area contributed by atoms with Crippen molar-refractivity contribution in [3.05, 3.63) is 12.2 Å². The van der Waals surface area contributed by atoms with E-state index in [1.165, 1.54) is 43.6 Å². The molecule has 0 amide bonds. The molecule has 1 nitrogen and oxygen atoms in total. The van der Waals surface area contributed by atoms with E-state index in [1.807, 2.05) is 11.8 Å². The van der Waals surface area contributed by atoms with Gasteiger partial charge in [0.2, 0.25) is 0 Å². The predicted molar refractivity (Wildman–Crippen MR) is 69.2 cm³/mol. The molecule has 0 saturated heterocycles. The maximum Gasteiger partial charge on any atom is -0.00118 e. The van der Waals surface area contributed by atoms with Crippen molar-refractivity contribution in [2.45, 2.75) is 39.0 Å². The Kier molecular flexibility index (Phi) is 11.2. The average molecular weight is 215 g/mol. The average Bonchev–Trinajstić information content (AvgIpc) is 2.15. The van der Waals surface area contributed by atoms with Crippen LogP contribution in [0.4, 0.5) is 0 Å². The topological polar surface area (TPSA) is 12.0 Å². The monoisotopic (exact) mass is 215 g/mol. The summed E-state index contributed by atoms with van der Waals surface area (Å²) < 4.78 is 0. The first kappa shape index (κ1) is 14.1. The van der Waals surface area contributed by atoms with E-state index in [-0.39, 0.29) is 0 Å². The van der Waals surface area contributed by atoms with Crippen molar-refractivity contribution in [3.8, 4) is 0 Å². The van der Waals surface area contributed by atoms with Crippen LogP contribution in [0.3, 0.4) is 0 Å². The van der Waals surface area contributed by atoms with E-state index in [9.17, 15) is 0 Å². The fraction of sp³-hybridized carbons (Fsp3) is 0.833. The lowest BCUT2D eigenvalue weighted by Gasteiger charge is -2.04. The lowest BCUT2D eigenvalue weighted by atomic mass is 10.2. The molecule has 0 saturated carbocycles. The lowest BCUT2D eigenvalue weighted by Crippen LogP contribution is -2.16. The largest absolute Gasteiger partial charge is 0.316 e. The maximum absolute atomic E-state index is 3.88. The minimum Gasteiger partial charge on any atom is -0.316 e. The minimum absolute atomic E-state index is 1.10. The third kappa shape index (κ3) is 12.0. The quantitative estimate of drug-likeness (QED) is 0.442. The molecule has 0 fully saturated rings. The lowest BCUT2D eigenvalue weighted by molar-refractivity contribution is 0.599. The Morgan fingerprint density at radius 3 is 2.50 bits per heavy atom. The number of rotatable bonds is 10. The molecular formula is C12H25NS. The molecule has 2 heteroatoms. The molecule has 0 aliphatic heterocycles. The summed E-state index contributed by atoms with van der Waals surface area (Å²) in [5, 5.41) is 3.44. The Bertz CT molecular complexity index is 134. The third-order valence-electron chi connectivity index (χ3n) is 2.18. The molecule has 0 bridgehead atoms. The van der Waals surface area contributed by atoms with Crippen molar-refractivity contribution in [2.24, 2.45) is 0 Å². The normalized spacial score (nSPS) is 10.4. The van der Waals surface area contributed by atoms with Gasteiger partial charge in [0.1, 0.15) is 0 Å². The van der Waals surface area contributed by atoms with Crippen molar-refractivity contribution < 1.29 is 0 Å². The van der Waals surface area contributed by atoms with E-state index >= 15 is 0 Å². The number of unbranched alkanes of at least 4 members (excludes halogenated alkanes) is 3. The summed E-state index contributed by atoms with van der Waals surface area (Å²) in [5.41, 5.74) is 1.28. The van der Waals surface area contributed by atoms with Crippen molar-refractivity contribution in [1.82, 2.24) is 5.32 Å². The molecule has 0 aromatic heterocycles. The smallest absolute Gasteiger partial charge is 0.00118 e. The Morgan fingerprint density at radius 2 is 1.86 bits per heavy atom. The third-order valence-corrected chi connectivity index (χ3v) is 2.88. The van der Waals surface area contributed by atoms with Gasteiger partial charge >= 0.3 is 0 Å². The van der Waals surface area contributed by atoms with Crippen molar-refractivity contribution in [3.63, 3.8) is 0 Å². The van der Waals surface area contributed by atoms with Crippen LogP contribution in [-0.4, -0.2) is 25.1 Å². The molecule has 1 N–H and O–H groups in total. The number of hydrogen-bond acceptors (Lipinski definition) is 2. The van der Waals surface area contributed by atoms with Crippen LogP contribution >= 0.6 is 11.8 Å². The van der Waals surface area contributed by atoms with E-state index in [4.69, 9.17) is 0 Å². The highest BCUT2D eigenvalue weighted by Gasteiger charge is 1.90. The molecule has 0 unspecified atom stereocenters. The molecule has 84 valence electrons. The molecule has 0 aromatic rings. The first-order valence-electron chi connectivity index (χ1n) is 5.61. The molecule has 0 aliphatic carbocycles. The summed E-state index contributed by atoms with van der Waals surface area (Å²) in [5.74, 6) is 1.32. The highest BCUT2D eigenvalue weighted by molar-refractivity contribution is 7.98. The van der Waals surface area contributed by atoms with Gasteiger partial charge in [0.25, 0.3) is 0 Å². The zero-order chi connectivity index (χ0) is 10.6. The summed E-state index contributed by atoms with van der Waals surface area (Å²) in [6.07, 6.45) is 8.77. The maximum atomic E-state index is 3.88. The summed E-state index contributed by atoms with van der Waals surface area (Å²) in [6, 6.07) is 0. The molecule has 0 atom stereocenters. The van der Waals surface area contributed by atoms with Gasteiger partial charge in [0.05, 0.1) is 0 Å². The van der Waals surface area contributed by atoms with E-state index in [0.717, 1.165) is 13.0 Å². The second-order valence-electron chi connectivity index (χ2n) is 3.86. The van der Waals surface area contributed by atoms with Gasteiger partial charge in [-0.1, -0.05) is 18.4 Å². The van der Waals surface area contributed by atoms with E-state index in [1.54, 1.807) is 0 Å². The molecule has 0 heterocycles. The van der Waals surface area contributed by atoms with Crippen LogP contribution in [-0.2, 0) is 0 Å². The van der Waals surface area contributed by atoms with E-state index in [0.29, 0.717) is 0 Å².